The normalized spacial score (nSPS) is 14.3. The van der Waals surface area contributed by atoms with E-state index in [0.29, 0.717) is 5.92 Å². The summed E-state index contributed by atoms with van der Waals surface area (Å²) in [5.41, 5.74) is 25.1. The van der Waals surface area contributed by atoms with E-state index in [0.717, 1.165) is 0 Å². The number of hydrogen-bond acceptors (Lipinski definition) is 0. The molecule has 2 aromatic heterocycles. The van der Waals surface area contributed by atoms with Crippen LogP contribution in [0.3, 0.4) is 0 Å². The molecule has 0 bridgehead atoms. The largest absolute Gasteiger partial charge is 0.310 e. The van der Waals surface area contributed by atoms with Crippen molar-refractivity contribution in [2.24, 2.45) is 0 Å². The molecule has 0 radical (unpaired) electrons. The van der Waals surface area contributed by atoms with E-state index in [2.05, 4.69) is 205 Å². The second kappa shape index (κ2) is 11.1. The van der Waals surface area contributed by atoms with Gasteiger partial charge in [0.2, 0.25) is 0 Å². The number of rotatable bonds is 3. The Bertz CT molecular complexity index is 3750. The fourth-order valence-electron chi connectivity index (χ4n) is 13.1. The topological polar surface area (TPSA) is 9.86 Å². The van der Waals surface area contributed by atoms with Crippen LogP contribution in [-0.4, -0.2) is 15.8 Å². The van der Waals surface area contributed by atoms with E-state index in [1.807, 2.05) is 0 Å². The van der Waals surface area contributed by atoms with E-state index in [-0.39, 0.29) is 6.71 Å². The molecule has 4 aliphatic rings. The molecule has 0 saturated carbocycles. The molecule has 9 aromatic carbocycles. The highest BCUT2D eigenvalue weighted by atomic mass is 15.1. The smallest absolute Gasteiger partial charge is 0.253 e. The number of benzene rings is 9. The van der Waals surface area contributed by atoms with Gasteiger partial charge in [-0.05, 0) is 89.2 Å². The van der Waals surface area contributed by atoms with E-state index in [1.165, 1.54) is 133 Å². The van der Waals surface area contributed by atoms with Crippen LogP contribution in [0.2, 0.25) is 0 Å². The Balaban J connectivity index is 1.24. The first-order valence-corrected chi connectivity index (χ1v) is 21.9. The first kappa shape index (κ1) is 32.5. The predicted octanol–water partition coefficient (Wildman–Crippen LogP) is 12.2. The van der Waals surface area contributed by atoms with Gasteiger partial charge in [0.1, 0.15) is 0 Å². The highest BCUT2D eigenvalue weighted by Gasteiger charge is 2.54. The van der Waals surface area contributed by atoms with Gasteiger partial charge < -0.3 is 9.13 Å². The van der Waals surface area contributed by atoms with Crippen molar-refractivity contribution < 1.29 is 0 Å². The molecule has 1 spiro atoms. The van der Waals surface area contributed by atoms with E-state index >= 15 is 0 Å². The summed E-state index contributed by atoms with van der Waals surface area (Å²) in [6, 6.07) is 69.6. The molecule has 282 valence electrons. The molecule has 0 N–H and O–H groups in total. The lowest BCUT2D eigenvalue weighted by Crippen LogP contribution is -2.60. The molecule has 2 nitrogen and oxygen atoms in total. The average molecular weight is 773 g/mol. The summed E-state index contributed by atoms with van der Waals surface area (Å²) in [6.45, 7) is 4.79. The molecule has 0 fully saturated rings. The van der Waals surface area contributed by atoms with Gasteiger partial charge in [-0.1, -0.05) is 190 Å². The lowest BCUT2D eigenvalue weighted by Gasteiger charge is -2.44. The fraction of sp³-hybridized carbons (Fsp3) is 0.0690. The van der Waals surface area contributed by atoms with E-state index in [9.17, 15) is 0 Å². The van der Waals surface area contributed by atoms with Crippen molar-refractivity contribution in [1.29, 1.82) is 0 Å². The number of fused-ring (bicyclic) bond motifs is 13. The molecular formula is C58H37BN2. The predicted molar refractivity (Wildman–Crippen MR) is 256 cm³/mol. The number of nitrogens with zero attached hydrogens (tertiary/aromatic N) is 2. The van der Waals surface area contributed by atoms with Gasteiger partial charge in [-0.2, -0.15) is 0 Å². The minimum Gasteiger partial charge on any atom is -0.310 e. The van der Waals surface area contributed by atoms with E-state index in [1.54, 1.807) is 0 Å². The monoisotopic (exact) mass is 772 g/mol. The Morgan fingerprint density at radius 1 is 0.443 bits per heavy atom. The summed E-state index contributed by atoms with van der Waals surface area (Å²) in [5, 5.41) is 6.77. The standard InChI is InChI=1S/C58H37BN2/c1-33(2)48-38-23-9-10-24-39(38)51-57-50(48)49(34-17-5-3-6-18-34)53(35-19-7-4-8-20-35)60(57)47-32-31-45-56-52(47)59(51)46-30-16-26-41-40-25-15-29-44(54(40)61(56)55(41)46)58(45)42-27-13-11-21-36(42)37-22-12-14-28-43(37)58/h3-33H,1-2H3. The summed E-state index contributed by atoms with van der Waals surface area (Å²) in [6.07, 6.45) is 0. The number of hydrogen-bond donors (Lipinski definition) is 0. The Kier molecular flexibility index (Phi) is 5.89. The second-order valence-corrected chi connectivity index (χ2v) is 18.0. The summed E-state index contributed by atoms with van der Waals surface area (Å²) in [4.78, 5) is 0. The maximum absolute atomic E-state index is 2.71. The van der Waals surface area contributed by atoms with Crippen LogP contribution in [0.5, 0.6) is 0 Å². The molecule has 0 saturated heterocycles. The Labute approximate surface area is 354 Å². The zero-order chi connectivity index (χ0) is 39.9. The van der Waals surface area contributed by atoms with Crippen LogP contribution in [0.1, 0.15) is 47.6 Å². The Morgan fingerprint density at radius 3 is 1.75 bits per heavy atom. The molecule has 0 atom stereocenters. The van der Waals surface area contributed by atoms with Crippen LogP contribution in [0.4, 0.5) is 0 Å². The quantitative estimate of drug-likeness (QED) is 0.158. The van der Waals surface area contributed by atoms with Crippen LogP contribution < -0.4 is 16.4 Å². The first-order chi connectivity index (χ1) is 30.2. The maximum Gasteiger partial charge on any atom is 0.253 e. The van der Waals surface area contributed by atoms with Gasteiger partial charge in [0.05, 0.1) is 22.1 Å². The molecule has 3 aliphatic heterocycles. The lowest BCUT2D eigenvalue weighted by molar-refractivity contribution is 0.749. The van der Waals surface area contributed by atoms with Gasteiger partial charge in [-0.15, -0.1) is 0 Å². The molecule has 11 aromatic rings. The van der Waals surface area contributed by atoms with Gasteiger partial charge in [-0.25, -0.2) is 0 Å². The molecule has 5 heterocycles. The summed E-state index contributed by atoms with van der Waals surface area (Å²) >= 11 is 0. The molecule has 1 aliphatic carbocycles. The summed E-state index contributed by atoms with van der Waals surface area (Å²) in [5.74, 6) is 0.295. The summed E-state index contributed by atoms with van der Waals surface area (Å²) < 4.78 is 5.42. The van der Waals surface area contributed by atoms with Crippen LogP contribution >= 0.6 is 0 Å². The maximum atomic E-state index is 2.71. The van der Waals surface area contributed by atoms with Crippen LogP contribution in [0.15, 0.2) is 182 Å². The Morgan fingerprint density at radius 2 is 1.03 bits per heavy atom. The zero-order valence-corrected chi connectivity index (χ0v) is 33.9. The molecule has 0 unspecified atom stereocenters. The Hall–Kier alpha value is -7.36. The van der Waals surface area contributed by atoms with Crippen molar-refractivity contribution in [1.82, 2.24) is 9.13 Å². The molecule has 3 heteroatoms. The number of para-hydroxylation sites is 2. The van der Waals surface area contributed by atoms with Crippen molar-refractivity contribution in [2.45, 2.75) is 25.2 Å². The minimum atomic E-state index is -0.489. The van der Waals surface area contributed by atoms with Crippen molar-refractivity contribution in [3.05, 3.63) is 210 Å². The first-order valence-electron chi connectivity index (χ1n) is 21.9. The molecule has 15 rings (SSSR count). The van der Waals surface area contributed by atoms with Crippen LogP contribution in [0.25, 0.3) is 88.4 Å². The molecule has 0 amide bonds. The van der Waals surface area contributed by atoms with Gasteiger partial charge in [0.25, 0.3) is 6.71 Å². The van der Waals surface area contributed by atoms with E-state index in [4.69, 9.17) is 0 Å². The average Bonchev–Trinajstić information content (AvgIpc) is 3.95. The van der Waals surface area contributed by atoms with Crippen molar-refractivity contribution in [2.75, 3.05) is 0 Å². The van der Waals surface area contributed by atoms with Gasteiger partial charge in [0, 0.05) is 38.6 Å². The highest BCUT2D eigenvalue weighted by molar-refractivity contribution is 7.01. The van der Waals surface area contributed by atoms with Gasteiger partial charge >= 0.3 is 0 Å². The second-order valence-electron chi connectivity index (χ2n) is 18.0. The van der Waals surface area contributed by atoms with Crippen molar-refractivity contribution in [3.63, 3.8) is 0 Å². The fourth-order valence-corrected chi connectivity index (χ4v) is 13.1. The SMILES string of the molecule is CC(C)c1c2ccccc2c2c3c1c(-c1ccccc1)c(-c1ccccc1)n3-c1ccc3c4c1B2c1cccc2c5cccc(c5n-4c12)C31c2ccccc2-c2ccccc21. The summed E-state index contributed by atoms with van der Waals surface area (Å²) in [7, 11) is 0. The van der Waals surface area contributed by atoms with Crippen molar-refractivity contribution >= 4 is 66.6 Å². The third-order valence-electron chi connectivity index (χ3n) is 15.0. The number of aromatic nitrogens is 2. The molecular weight excluding hydrogens is 735 g/mol. The van der Waals surface area contributed by atoms with Crippen LogP contribution in [-0.2, 0) is 5.41 Å². The van der Waals surface area contributed by atoms with E-state index < -0.39 is 5.41 Å². The van der Waals surface area contributed by atoms with Crippen LogP contribution in [0, 0.1) is 0 Å². The molecule has 61 heavy (non-hydrogen) atoms. The zero-order valence-electron chi connectivity index (χ0n) is 33.9. The minimum absolute atomic E-state index is 0.0132. The van der Waals surface area contributed by atoms with Crippen molar-refractivity contribution in [3.8, 4) is 44.9 Å². The lowest BCUT2D eigenvalue weighted by atomic mass is 9.33. The third kappa shape index (κ3) is 3.56. The van der Waals surface area contributed by atoms with Gasteiger partial charge in [0.15, 0.2) is 0 Å². The third-order valence-corrected chi connectivity index (χ3v) is 15.0. The highest BCUT2D eigenvalue weighted by Crippen LogP contribution is 2.62. The van der Waals surface area contributed by atoms with Gasteiger partial charge in [-0.3, -0.25) is 0 Å².